The van der Waals surface area contributed by atoms with Crippen LogP contribution in [-0.4, -0.2) is 42.1 Å². The highest BCUT2D eigenvalue weighted by Gasteiger charge is 2.18. The van der Waals surface area contributed by atoms with Crippen LogP contribution < -0.4 is 10.9 Å². The van der Waals surface area contributed by atoms with Gasteiger partial charge in [-0.05, 0) is 13.8 Å². The Morgan fingerprint density at radius 1 is 1.50 bits per heavy atom. The number of carbonyl (C=O) groups excluding carboxylic acids is 1. The maximum atomic E-state index is 11.9. The van der Waals surface area contributed by atoms with Gasteiger partial charge in [0.05, 0.1) is 24.6 Å². The molecule has 0 aliphatic carbocycles. The van der Waals surface area contributed by atoms with Crippen molar-refractivity contribution < 1.29 is 14.3 Å². The number of nitrogens with zero attached hydrogens (tertiary/aromatic N) is 2. The van der Waals surface area contributed by atoms with Gasteiger partial charge in [0.2, 0.25) is 0 Å². The predicted molar refractivity (Wildman–Crippen MR) is 75.1 cm³/mol. The lowest BCUT2D eigenvalue weighted by Crippen LogP contribution is -2.33. The van der Waals surface area contributed by atoms with Gasteiger partial charge in [-0.3, -0.25) is 9.59 Å². The van der Waals surface area contributed by atoms with Crippen molar-refractivity contribution in [1.29, 1.82) is 0 Å². The molecular weight excluding hydrogens is 286 g/mol. The van der Waals surface area contributed by atoms with Gasteiger partial charge in [0.1, 0.15) is 11.6 Å². The average molecular weight is 304 g/mol. The summed E-state index contributed by atoms with van der Waals surface area (Å²) in [5.41, 5.74) is -0.579. The van der Waals surface area contributed by atoms with Crippen molar-refractivity contribution in [1.82, 2.24) is 9.78 Å². The molecule has 1 rings (SSSR count). The summed E-state index contributed by atoms with van der Waals surface area (Å²) in [6.45, 7) is 3.95. The molecule has 0 aliphatic heterocycles. The highest BCUT2D eigenvalue weighted by molar-refractivity contribution is 6.32. The molecule has 0 aromatic carbocycles. The van der Waals surface area contributed by atoms with Crippen LogP contribution in [0.15, 0.2) is 11.0 Å². The Kier molecular flexibility index (Phi) is 5.52. The Morgan fingerprint density at radius 2 is 2.15 bits per heavy atom. The molecule has 1 heterocycles. The Labute approximate surface area is 121 Å². The van der Waals surface area contributed by atoms with E-state index in [-0.39, 0.29) is 11.6 Å². The Bertz CT molecular complexity index is 542. The SMILES string of the molecule is COC(=O)Cn1ncc(NCC(C)(C)OC)c(Cl)c1=O. The number of esters is 1. The molecule has 0 bridgehead atoms. The number of rotatable bonds is 6. The quantitative estimate of drug-likeness (QED) is 0.787. The van der Waals surface area contributed by atoms with Crippen LogP contribution in [0.25, 0.3) is 0 Å². The zero-order valence-corrected chi connectivity index (χ0v) is 12.7. The second-order valence-corrected chi connectivity index (χ2v) is 5.11. The molecule has 20 heavy (non-hydrogen) atoms. The first kappa shape index (κ1) is 16.5. The fourth-order valence-corrected chi connectivity index (χ4v) is 1.48. The van der Waals surface area contributed by atoms with Crippen LogP contribution in [0.1, 0.15) is 13.8 Å². The molecule has 0 saturated heterocycles. The molecule has 1 aromatic heterocycles. The molecule has 0 saturated carbocycles. The van der Waals surface area contributed by atoms with E-state index >= 15 is 0 Å². The molecule has 0 spiro atoms. The standard InChI is InChI=1S/C12H18ClN3O4/c1-12(2,20-4)7-14-8-5-15-16(6-9(17)19-3)11(18)10(8)13/h5,14H,6-7H2,1-4H3. The lowest BCUT2D eigenvalue weighted by atomic mass is 10.1. The molecule has 0 radical (unpaired) electrons. The number of hydrogen-bond acceptors (Lipinski definition) is 6. The number of carbonyl (C=O) groups is 1. The van der Waals surface area contributed by atoms with Crippen LogP contribution in [-0.2, 0) is 20.8 Å². The van der Waals surface area contributed by atoms with Gasteiger partial charge in [0, 0.05) is 13.7 Å². The predicted octanol–water partition coefficient (Wildman–Crippen LogP) is 0.907. The third-order valence-electron chi connectivity index (χ3n) is 2.75. The van der Waals surface area contributed by atoms with E-state index in [9.17, 15) is 9.59 Å². The summed E-state index contributed by atoms with van der Waals surface area (Å²) in [5, 5.41) is 6.83. The van der Waals surface area contributed by atoms with Gasteiger partial charge >= 0.3 is 5.97 Å². The fraction of sp³-hybridized carbons (Fsp3) is 0.583. The van der Waals surface area contributed by atoms with Crippen molar-refractivity contribution in [2.75, 3.05) is 26.1 Å². The molecular formula is C12H18ClN3O4. The minimum Gasteiger partial charge on any atom is -0.468 e. The van der Waals surface area contributed by atoms with E-state index in [0.29, 0.717) is 12.2 Å². The minimum absolute atomic E-state index is 0.0317. The highest BCUT2D eigenvalue weighted by atomic mass is 35.5. The maximum absolute atomic E-state index is 11.9. The van der Waals surface area contributed by atoms with Crippen molar-refractivity contribution in [2.45, 2.75) is 26.0 Å². The van der Waals surface area contributed by atoms with Gasteiger partial charge in [0.25, 0.3) is 5.56 Å². The monoisotopic (exact) mass is 303 g/mol. The largest absolute Gasteiger partial charge is 0.468 e. The van der Waals surface area contributed by atoms with E-state index < -0.39 is 17.1 Å². The first-order chi connectivity index (χ1) is 9.30. The van der Waals surface area contributed by atoms with Crippen LogP contribution in [0.2, 0.25) is 5.02 Å². The van der Waals surface area contributed by atoms with Crippen molar-refractivity contribution in [3.63, 3.8) is 0 Å². The van der Waals surface area contributed by atoms with Gasteiger partial charge in [-0.1, -0.05) is 11.6 Å². The third kappa shape index (κ3) is 4.21. The molecule has 0 fully saturated rings. The van der Waals surface area contributed by atoms with E-state index in [1.807, 2.05) is 13.8 Å². The summed E-state index contributed by atoms with van der Waals surface area (Å²) in [6.07, 6.45) is 1.39. The number of methoxy groups -OCH3 is 2. The molecule has 1 aromatic rings. The molecule has 0 aliphatic rings. The van der Waals surface area contributed by atoms with Crippen LogP contribution in [0.5, 0.6) is 0 Å². The smallest absolute Gasteiger partial charge is 0.327 e. The second kappa shape index (κ2) is 6.71. The van der Waals surface area contributed by atoms with Crippen molar-refractivity contribution >= 4 is 23.3 Å². The van der Waals surface area contributed by atoms with Crippen LogP contribution in [0, 0.1) is 0 Å². The summed E-state index contributed by atoms with van der Waals surface area (Å²) < 4.78 is 10.7. The van der Waals surface area contributed by atoms with E-state index in [4.69, 9.17) is 16.3 Å². The maximum Gasteiger partial charge on any atom is 0.327 e. The fourth-order valence-electron chi connectivity index (χ4n) is 1.27. The number of ether oxygens (including phenoxy) is 2. The Hall–Kier alpha value is -1.60. The van der Waals surface area contributed by atoms with E-state index in [2.05, 4.69) is 15.2 Å². The lowest BCUT2D eigenvalue weighted by molar-refractivity contribution is -0.141. The van der Waals surface area contributed by atoms with E-state index in [0.717, 1.165) is 4.68 Å². The summed E-state index contributed by atoms with van der Waals surface area (Å²) in [7, 11) is 2.83. The van der Waals surface area contributed by atoms with Crippen LogP contribution in [0.3, 0.4) is 0 Å². The average Bonchev–Trinajstić information content (AvgIpc) is 2.43. The first-order valence-corrected chi connectivity index (χ1v) is 6.30. The minimum atomic E-state index is -0.572. The van der Waals surface area contributed by atoms with E-state index in [1.165, 1.54) is 13.3 Å². The number of hydrogen-bond donors (Lipinski definition) is 1. The summed E-state index contributed by atoms with van der Waals surface area (Å²) in [5.74, 6) is -0.572. The number of aromatic nitrogens is 2. The molecule has 1 N–H and O–H groups in total. The van der Waals surface area contributed by atoms with Crippen molar-refractivity contribution in [2.24, 2.45) is 0 Å². The molecule has 0 atom stereocenters. The zero-order valence-electron chi connectivity index (χ0n) is 11.9. The van der Waals surface area contributed by atoms with Gasteiger partial charge in [0.15, 0.2) is 0 Å². The van der Waals surface area contributed by atoms with Gasteiger partial charge in [-0.15, -0.1) is 0 Å². The summed E-state index contributed by atoms with van der Waals surface area (Å²) in [4.78, 5) is 23.1. The lowest BCUT2D eigenvalue weighted by Gasteiger charge is -2.23. The zero-order chi connectivity index (χ0) is 15.3. The Balaban J connectivity index is 2.89. The summed E-state index contributed by atoms with van der Waals surface area (Å²) >= 11 is 5.97. The number of anilines is 1. The molecule has 7 nitrogen and oxygen atoms in total. The van der Waals surface area contributed by atoms with Crippen molar-refractivity contribution in [3.05, 3.63) is 21.6 Å². The van der Waals surface area contributed by atoms with E-state index in [1.54, 1.807) is 7.11 Å². The Morgan fingerprint density at radius 3 is 2.70 bits per heavy atom. The van der Waals surface area contributed by atoms with Gasteiger partial charge < -0.3 is 14.8 Å². The molecule has 112 valence electrons. The van der Waals surface area contributed by atoms with Crippen molar-refractivity contribution in [3.8, 4) is 0 Å². The third-order valence-corrected chi connectivity index (χ3v) is 3.11. The second-order valence-electron chi connectivity index (χ2n) is 4.73. The molecule has 0 amide bonds. The molecule has 8 heteroatoms. The van der Waals surface area contributed by atoms with Crippen LogP contribution >= 0.6 is 11.6 Å². The van der Waals surface area contributed by atoms with Gasteiger partial charge in [-0.25, -0.2) is 4.68 Å². The normalized spacial score (nSPS) is 11.2. The number of nitrogens with one attached hydrogen (secondary N) is 1. The summed E-state index contributed by atoms with van der Waals surface area (Å²) in [6, 6.07) is 0. The van der Waals surface area contributed by atoms with Gasteiger partial charge in [-0.2, -0.15) is 5.10 Å². The topological polar surface area (TPSA) is 82.5 Å². The van der Waals surface area contributed by atoms with Crippen LogP contribution in [0.4, 0.5) is 5.69 Å². The highest BCUT2D eigenvalue weighted by Crippen LogP contribution is 2.17. The molecule has 0 unspecified atom stereocenters. The first-order valence-electron chi connectivity index (χ1n) is 5.92. The number of halogens is 1.